The molecule has 20 heavy (non-hydrogen) atoms. The van der Waals surface area contributed by atoms with Gasteiger partial charge in [0.2, 0.25) is 0 Å². The Balaban J connectivity index is 1.89. The van der Waals surface area contributed by atoms with E-state index in [4.69, 9.17) is 17.0 Å². The van der Waals surface area contributed by atoms with Crippen molar-refractivity contribution < 1.29 is 9.53 Å². The van der Waals surface area contributed by atoms with Crippen LogP contribution in [0.2, 0.25) is 0 Å². The van der Waals surface area contributed by atoms with E-state index in [9.17, 15) is 4.79 Å². The molecule has 4 nitrogen and oxygen atoms in total. The van der Waals surface area contributed by atoms with Crippen molar-refractivity contribution in [3.63, 3.8) is 0 Å². The van der Waals surface area contributed by atoms with E-state index in [1.165, 1.54) is 11.3 Å². The summed E-state index contributed by atoms with van der Waals surface area (Å²) in [4.78, 5) is 12.4. The van der Waals surface area contributed by atoms with Gasteiger partial charge in [-0.3, -0.25) is 10.1 Å². The van der Waals surface area contributed by atoms with Gasteiger partial charge in [0.25, 0.3) is 5.91 Å². The highest BCUT2D eigenvalue weighted by atomic mass is 32.1. The van der Waals surface area contributed by atoms with Gasteiger partial charge in [0, 0.05) is 5.69 Å². The molecule has 0 unspecified atom stereocenters. The highest BCUT2D eigenvalue weighted by Gasteiger charge is 2.08. The Labute approximate surface area is 126 Å². The lowest BCUT2D eigenvalue weighted by molar-refractivity contribution is 0.0981. The standard InChI is InChI=1S/C14H14N2O2S2/c1-2-18-11-7-5-10(6-8-11)15-14(19)16-13(17)12-4-3-9-20-12/h3-9H,2H2,1H3,(H2,15,16,17,19). The van der Waals surface area contributed by atoms with Crippen LogP contribution in [-0.4, -0.2) is 17.6 Å². The Morgan fingerprint density at radius 3 is 2.65 bits per heavy atom. The van der Waals surface area contributed by atoms with Crippen LogP contribution in [0.3, 0.4) is 0 Å². The minimum Gasteiger partial charge on any atom is -0.494 e. The van der Waals surface area contributed by atoms with Crippen molar-refractivity contribution in [1.82, 2.24) is 5.32 Å². The van der Waals surface area contributed by atoms with Crippen LogP contribution in [0.4, 0.5) is 5.69 Å². The van der Waals surface area contributed by atoms with Crippen LogP contribution in [0.15, 0.2) is 41.8 Å². The number of nitrogens with one attached hydrogen (secondary N) is 2. The number of anilines is 1. The van der Waals surface area contributed by atoms with Gasteiger partial charge < -0.3 is 10.1 Å². The third-order valence-corrected chi connectivity index (χ3v) is 3.47. The third-order valence-electron chi connectivity index (χ3n) is 2.40. The van der Waals surface area contributed by atoms with Crippen molar-refractivity contribution in [1.29, 1.82) is 0 Å². The lowest BCUT2D eigenvalue weighted by atomic mass is 10.3. The molecule has 2 aromatic rings. The zero-order valence-corrected chi connectivity index (χ0v) is 12.5. The number of carbonyl (C=O) groups excluding carboxylic acids is 1. The normalized spacial score (nSPS) is 9.85. The van der Waals surface area contributed by atoms with Gasteiger partial charge in [-0.05, 0) is 54.9 Å². The summed E-state index contributed by atoms with van der Waals surface area (Å²) in [5.74, 6) is 0.593. The average Bonchev–Trinajstić information content (AvgIpc) is 2.95. The Kier molecular flexibility index (Phi) is 5.09. The van der Waals surface area contributed by atoms with Crippen molar-refractivity contribution in [2.75, 3.05) is 11.9 Å². The molecule has 1 aromatic heterocycles. The van der Waals surface area contributed by atoms with Crippen LogP contribution in [-0.2, 0) is 0 Å². The van der Waals surface area contributed by atoms with E-state index in [1.54, 1.807) is 6.07 Å². The molecular formula is C14H14N2O2S2. The number of rotatable bonds is 4. The zero-order valence-electron chi connectivity index (χ0n) is 10.9. The number of benzene rings is 1. The summed E-state index contributed by atoms with van der Waals surface area (Å²) in [5.41, 5.74) is 0.796. The largest absolute Gasteiger partial charge is 0.494 e. The molecule has 6 heteroatoms. The Morgan fingerprint density at radius 1 is 1.30 bits per heavy atom. The summed E-state index contributed by atoms with van der Waals surface area (Å²) in [5, 5.41) is 7.70. The SMILES string of the molecule is CCOc1ccc(NC(=S)NC(=O)c2cccs2)cc1. The van der Waals surface area contributed by atoms with Crippen molar-refractivity contribution in [3.8, 4) is 5.75 Å². The van der Waals surface area contributed by atoms with E-state index in [-0.39, 0.29) is 11.0 Å². The average molecular weight is 306 g/mol. The van der Waals surface area contributed by atoms with Crippen LogP contribution >= 0.6 is 23.6 Å². The maximum atomic E-state index is 11.8. The molecule has 1 aromatic carbocycles. The summed E-state index contributed by atoms with van der Waals surface area (Å²) in [6, 6.07) is 10.9. The van der Waals surface area contributed by atoms with Gasteiger partial charge in [0.15, 0.2) is 5.11 Å². The fourth-order valence-corrected chi connectivity index (χ4v) is 2.37. The van der Waals surface area contributed by atoms with Crippen molar-refractivity contribution in [2.45, 2.75) is 6.92 Å². The minimum absolute atomic E-state index is 0.205. The van der Waals surface area contributed by atoms with Gasteiger partial charge in [-0.1, -0.05) is 6.07 Å². The first-order valence-electron chi connectivity index (χ1n) is 6.07. The van der Waals surface area contributed by atoms with E-state index in [2.05, 4.69) is 10.6 Å². The molecule has 0 bridgehead atoms. The first-order valence-corrected chi connectivity index (χ1v) is 7.36. The van der Waals surface area contributed by atoms with Crippen molar-refractivity contribution in [3.05, 3.63) is 46.7 Å². The molecule has 0 radical (unpaired) electrons. The van der Waals surface area contributed by atoms with Crippen molar-refractivity contribution >= 4 is 40.3 Å². The van der Waals surface area contributed by atoms with Gasteiger partial charge in [-0.2, -0.15) is 0 Å². The van der Waals surface area contributed by atoms with Crippen LogP contribution in [0.5, 0.6) is 5.75 Å². The molecule has 0 fully saturated rings. The number of hydrogen-bond donors (Lipinski definition) is 2. The number of thiocarbonyl (C=S) groups is 1. The van der Waals surface area contributed by atoms with E-state index >= 15 is 0 Å². The quantitative estimate of drug-likeness (QED) is 0.851. The Hall–Kier alpha value is -1.92. The van der Waals surface area contributed by atoms with E-state index in [1.807, 2.05) is 42.6 Å². The lowest BCUT2D eigenvalue weighted by Crippen LogP contribution is -2.33. The van der Waals surface area contributed by atoms with Gasteiger partial charge in [-0.25, -0.2) is 0 Å². The predicted octanol–water partition coefficient (Wildman–Crippen LogP) is 3.27. The molecule has 2 rings (SSSR count). The van der Waals surface area contributed by atoms with Gasteiger partial charge in [0.1, 0.15) is 5.75 Å². The topological polar surface area (TPSA) is 50.4 Å². The fraction of sp³-hybridized carbons (Fsp3) is 0.143. The van der Waals surface area contributed by atoms with Crippen molar-refractivity contribution in [2.24, 2.45) is 0 Å². The first kappa shape index (κ1) is 14.5. The molecule has 1 amide bonds. The Bertz CT molecular complexity index is 580. The van der Waals surface area contributed by atoms with E-state index in [0.29, 0.717) is 11.5 Å². The molecule has 0 spiro atoms. The van der Waals surface area contributed by atoms with Crippen LogP contribution in [0.1, 0.15) is 16.6 Å². The second-order valence-corrected chi connectivity index (χ2v) is 5.20. The summed E-state index contributed by atoms with van der Waals surface area (Å²) < 4.78 is 5.35. The Morgan fingerprint density at radius 2 is 2.05 bits per heavy atom. The third kappa shape index (κ3) is 4.04. The van der Waals surface area contributed by atoms with Gasteiger partial charge >= 0.3 is 0 Å². The maximum absolute atomic E-state index is 11.8. The van der Waals surface area contributed by atoms with Gasteiger partial charge in [-0.15, -0.1) is 11.3 Å². The molecule has 0 saturated heterocycles. The van der Waals surface area contributed by atoms with E-state index in [0.717, 1.165) is 11.4 Å². The summed E-state index contributed by atoms with van der Waals surface area (Å²) in [7, 11) is 0. The number of thiophene rings is 1. The molecule has 0 aliphatic heterocycles. The van der Waals surface area contributed by atoms with Gasteiger partial charge in [0.05, 0.1) is 11.5 Å². The molecule has 0 saturated carbocycles. The smallest absolute Gasteiger partial charge is 0.267 e. The van der Waals surface area contributed by atoms with Crippen LogP contribution in [0.25, 0.3) is 0 Å². The molecule has 1 heterocycles. The summed E-state index contributed by atoms with van der Waals surface area (Å²) in [6.45, 7) is 2.56. The van der Waals surface area contributed by atoms with Crippen LogP contribution < -0.4 is 15.4 Å². The second kappa shape index (κ2) is 7.02. The summed E-state index contributed by atoms with van der Waals surface area (Å²) in [6.07, 6.45) is 0. The molecular weight excluding hydrogens is 292 g/mol. The number of hydrogen-bond acceptors (Lipinski definition) is 4. The molecule has 0 aliphatic carbocycles. The fourth-order valence-electron chi connectivity index (χ4n) is 1.54. The maximum Gasteiger partial charge on any atom is 0.267 e. The zero-order chi connectivity index (χ0) is 14.4. The number of amides is 1. The lowest BCUT2D eigenvalue weighted by Gasteiger charge is -2.09. The second-order valence-electron chi connectivity index (χ2n) is 3.84. The highest BCUT2D eigenvalue weighted by Crippen LogP contribution is 2.15. The summed E-state index contributed by atoms with van der Waals surface area (Å²) >= 11 is 6.47. The first-order chi connectivity index (χ1) is 9.69. The molecule has 0 atom stereocenters. The molecule has 104 valence electrons. The number of carbonyl (C=O) groups is 1. The predicted molar refractivity (Wildman–Crippen MR) is 85.6 cm³/mol. The minimum atomic E-state index is -0.205. The molecule has 0 aliphatic rings. The van der Waals surface area contributed by atoms with Crippen LogP contribution in [0, 0.1) is 0 Å². The monoisotopic (exact) mass is 306 g/mol. The van der Waals surface area contributed by atoms with E-state index < -0.39 is 0 Å². The number of ether oxygens (including phenoxy) is 1. The molecule has 2 N–H and O–H groups in total. The highest BCUT2D eigenvalue weighted by molar-refractivity contribution is 7.80.